The second-order valence-electron chi connectivity index (χ2n) is 3.78. The van der Waals surface area contributed by atoms with Crippen molar-refractivity contribution in [1.82, 2.24) is 0 Å². The van der Waals surface area contributed by atoms with E-state index in [4.69, 9.17) is 10.5 Å². The molecule has 0 fully saturated rings. The lowest BCUT2D eigenvalue weighted by molar-refractivity contribution is -0.146. The largest absolute Gasteiger partial charge is 0.466 e. The van der Waals surface area contributed by atoms with Gasteiger partial charge >= 0.3 is 5.97 Å². The molecule has 15 heavy (non-hydrogen) atoms. The molecule has 0 aliphatic rings. The fraction of sp³-hybridized carbons (Fsp3) is 0.364. The maximum absolute atomic E-state index is 11.4. The molecule has 0 aromatic heterocycles. The summed E-state index contributed by atoms with van der Waals surface area (Å²) >= 11 is 0. The Labute approximate surface area is 93.0 Å². The third-order valence-electron chi connectivity index (χ3n) is 1.95. The molecule has 4 heteroatoms. The molecule has 82 valence electrons. The van der Waals surface area contributed by atoms with Gasteiger partial charge in [0.05, 0.1) is 16.0 Å². The molecular formula is C11H17NO2Si. The molecule has 1 rings (SSSR count). The molecule has 0 saturated carbocycles. The molecule has 0 heterocycles. The maximum atomic E-state index is 11.4. The zero-order valence-electron chi connectivity index (χ0n) is 9.14. The van der Waals surface area contributed by atoms with Gasteiger partial charge in [0.25, 0.3) is 0 Å². The van der Waals surface area contributed by atoms with Gasteiger partial charge in [-0.3, -0.25) is 4.79 Å². The van der Waals surface area contributed by atoms with E-state index in [0.717, 1.165) is 15.8 Å². The van der Waals surface area contributed by atoms with Crippen molar-refractivity contribution < 1.29 is 9.53 Å². The van der Waals surface area contributed by atoms with Crippen molar-refractivity contribution in [3.63, 3.8) is 0 Å². The molecule has 1 unspecified atom stereocenters. The van der Waals surface area contributed by atoms with Crippen molar-refractivity contribution in [2.24, 2.45) is 5.73 Å². The highest BCUT2D eigenvalue weighted by atomic mass is 28.1. The van der Waals surface area contributed by atoms with Gasteiger partial charge in [0.15, 0.2) is 0 Å². The molecule has 2 atom stereocenters. The van der Waals surface area contributed by atoms with E-state index in [0.29, 0.717) is 6.42 Å². The Balaban J connectivity index is 2.49. The van der Waals surface area contributed by atoms with Crippen LogP contribution in [0.3, 0.4) is 0 Å². The van der Waals surface area contributed by atoms with Crippen LogP contribution in [0.25, 0.3) is 0 Å². The number of ether oxygens (including phenoxy) is 1. The van der Waals surface area contributed by atoms with Crippen LogP contribution >= 0.6 is 0 Å². The topological polar surface area (TPSA) is 52.3 Å². The van der Waals surface area contributed by atoms with Crippen molar-refractivity contribution in [3.05, 3.63) is 35.9 Å². The summed E-state index contributed by atoms with van der Waals surface area (Å²) in [5.74, 6) is -0.304. The zero-order valence-corrected chi connectivity index (χ0v) is 11.1. The first-order valence-electron chi connectivity index (χ1n) is 5.09. The number of benzene rings is 1. The average molecular weight is 223 g/mol. The second-order valence-corrected chi connectivity index (χ2v) is 5.41. The summed E-state index contributed by atoms with van der Waals surface area (Å²) in [6.45, 7) is 1.87. The Hall–Kier alpha value is -1.13. The first-order valence-corrected chi connectivity index (χ1v) is 6.25. The van der Waals surface area contributed by atoms with Crippen LogP contribution in [0.2, 0.25) is 0 Å². The van der Waals surface area contributed by atoms with Gasteiger partial charge in [0.2, 0.25) is 0 Å². The van der Waals surface area contributed by atoms with Crippen LogP contribution in [0.15, 0.2) is 30.3 Å². The molecule has 0 bridgehead atoms. The lowest BCUT2D eigenvalue weighted by Gasteiger charge is -2.13. The first kappa shape index (κ1) is 11.9. The standard InChI is InChI=1S/C11H17NO2Si/c1-8(15)14-11(13)10(12)7-9-5-3-2-4-6-9/h2-6,8,10H,7,12H2,1,15H3/t8?,10-/m0/s1. The van der Waals surface area contributed by atoms with Gasteiger partial charge < -0.3 is 10.5 Å². The maximum Gasteiger partial charge on any atom is 0.323 e. The van der Waals surface area contributed by atoms with Crippen LogP contribution < -0.4 is 5.73 Å². The molecule has 1 aromatic rings. The third kappa shape index (κ3) is 4.27. The minimum atomic E-state index is -0.552. The Bertz CT molecular complexity index is 314. The summed E-state index contributed by atoms with van der Waals surface area (Å²) in [4.78, 5) is 11.4. The van der Waals surface area contributed by atoms with Crippen molar-refractivity contribution in [2.75, 3.05) is 0 Å². The van der Waals surface area contributed by atoms with Crippen molar-refractivity contribution in [1.29, 1.82) is 0 Å². The number of esters is 1. The SMILES string of the molecule is CC([SiH3])OC(=O)[C@@H](N)Cc1ccccc1. The van der Waals surface area contributed by atoms with Gasteiger partial charge in [-0.05, 0) is 18.9 Å². The molecule has 0 saturated heterocycles. The molecule has 0 radical (unpaired) electrons. The molecule has 0 aliphatic heterocycles. The molecule has 3 nitrogen and oxygen atoms in total. The Morgan fingerprint density at radius 2 is 2.07 bits per heavy atom. The van der Waals surface area contributed by atoms with Gasteiger partial charge in [0.1, 0.15) is 6.04 Å². The number of hydrogen-bond acceptors (Lipinski definition) is 3. The number of carbonyl (C=O) groups excluding carboxylic acids is 1. The van der Waals surface area contributed by atoms with Gasteiger partial charge in [-0.1, -0.05) is 30.3 Å². The minimum absolute atomic E-state index is 0.0272. The summed E-state index contributed by atoms with van der Waals surface area (Å²) in [6.07, 6.45) is 0.536. The number of rotatable bonds is 4. The van der Waals surface area contributed by atoms with E-state index in [1.807, 2.05) is 37.3 Å². The van der Waals surface area contributed by atoms with E-state index in [1.165, 1.54) is 0 Å². The van der Waals surface area contributed by atoms with Crippen molar-refractivity contribution in [3.8, 4) is 0 Å². The second kappa shape index (κ2) is 5.68. The quantitative estimate of drug-likeness (QED) is 0.569. The highest BCUT2D eigenvalue weighted by molar-refractivity contribution is 6.11. The number of hydrogen-bond donors (Lipinski definition) is 1. The van der Waals surface area contributed by atoms with Gasteiger partial charge in [0, 0.05) is 0 Å². The smallest absolute Gasteiger partial charge is 0.323 e. The highest BCUT2D eigenvalue weighted by Gasteiger charge is 2.16. The van der Waals surface area contributed by atoms with Crippen LogP contribution in [-0.2, 0) is 16.0 Å². The molecule has 0 amide bonds. The van der Waals surface area contributed by atoms with Crippen LogP contribution in [0.5, 0.6) is 0 Å². The van der Waals surface area contributed by atoms with E-state index in [2.05, 4.69) is 0 Å². The number of carbonyl (C=O) groups is 1. The van der Waals surface area contributed by atoms with E-state index in [9.17, 15) is 4.79 Å². The fourth-order valence-corrected chi connectivity index (χ4v) is 1.50. The molecule has 0 aliphatic carbocycles. The Kier molecular flexibility index (Phi) is 4.52. The summed E-state index contributed by atoms with van der Waals surface area (Å²) in [6, 6.07) is 9.16. The van der Waals surface area contributed by atoms with Gasteiger partial charge in [-0.15, -0.1) is 0 Å². The normalized spacial score (nSPS) is 14.5. The summed E-state index contributed by atoms with van der Waals surface area (Å²) in [5.41, 5.74) is 6.82. The Morgan fingerprint density at radius 1 is 1.47 bits per heavy atom. The average Bonchev–Trinajstić information content (AvgIpc) is 2.18. The molecular weight excluding hydrogens is 206 g/mol. The van der Waals surface area contributed by atoms with Crippen molar-refractivity contribution >= 4 is 16.2 Å². The van der Waals surface area contributed by atoms with Crippen LogP contribution in [0.4, 0.5) is 0 Å². The number of nitrogens with two attached hydrogens (primary N) is 1. The Morgan fingerprint density at radius 3 is 2.60 bits per heavy atom. The fourth-order valence-electron chi connectivity index (χ4n) is 1.27. The molecule has 0 spiro atoms. The van der Waals surface area contributed by atoms with E-state index in [-0.39, 0.29) is 11.7 Å². The predicted octanol–water partition coefficient (Wildman–Crippen LogP) is -0.189. The van der Waals surface area contributed by atoms with Crippen LogP contribution in [-0.4, -0.2) is 28.0 Å². The zero-order chi connectivity index (χ0) is 11.3. The highest BCUT2D eigenvalue weighted by Crippen LogP contribution is 2.03. The van der Waals surface area contributed by atoms with Crippen LogP contribution in [0, 0.1) is 0 Å². The molecule has 1 aromatic carbocycles. The molecule has 2 N–H and O–H groups in total. The summed E-state index contributed by atoms with van der Waals surface area (Å²) < 4.78 is 5.08. The lowest BCUT2D eigenvalue weighted by atomic mass is 10.1. The minimum Gasteiger partial charge on any atom is -0.466 e. The van der Waals surface area contributed by atoms with Crippen LogP contribution in [0.1, 0.15) is 12.5 Å². The first-order chi connectivity index (χ1) is 7.09. The summed E-state index contributed by atoms with van der Waals surface area (Å²) in [7, 11) is 0.837. The monoisotopic (exact) mass is 223 g/mol. The van der Waals surface area contributed by atoms with Gasteiger partial charge in [-0.2, -0.15) is 0 Å². The summed E-state index contributed by atoms with van der Waals surface area (Å²) in [5, 5.41) is 0. The van der Waals surface area contributed by atoms with Crippen molar-refractivity contribution in [2.45, 2.75) is 25.1 Å². The van der Waals surface area contributed by atoms with E-state index in [1.54, 1.807) is 0 Å². The third-order valence-corrected chi connectivity index (χ3v) is 2.19. The van der Waals surface area contributed by atoms with Gasteiger partial charge in [-0.25, -0.2) is 0 Å². The van der Waals surface area contributed by atoms with E-state index >= 15 is 0 Å². The predicted molar refractivity (Wildman–Crippen MR) is 63.6 cm³/mol. The lowest BCUT2D eigenvalue weighted by Crippen LogP contribution is -2.36. The van der Waals surface area contributed by atoms with E-state index < -0.39 is 6.04 Å².